The Kier molecular flexibility index (Phi) is 3.30. The van der Waals surface area contributed by atoms with E-state index in [1.54, 1.807) is 0 Å². The van der Waals surface area contributed by atoms with Crippen LogP contribution in [0.25, 0.3) is 10.9 Å². The molecule has 0 atom stereocenters. The Balaban J connectivity index is 2.44. The van der Waals surface area contributed by atoms with Gasteiger partial charge in [-0.25, -0.2) is 0 Å². The summed E-state index contributed by atoms with van der Waals surface area (Å²) in [5, 5.41) is 10.3. The van der Waals surface area contributed by atoms with Crippen molar-refractivity contribution in [1.29, 1.82) is 0 Å². The third-order valence-corrected chi connectivity index (χ3v) is 2.85. The van der Waals surface area contributed by atoms with Crippen molar-refractivity contribution in [3.8, 4) is 0 Å². The van der Waals surface area contributed by atoms with Crippen molar-refractivity contribution in [2.45, 2.75) is 26.8 Å². The molecule has 0 aliphatic heterocycles. The highest BCUT2D eigenvalue weighted by Gasteiger charge is 2.05. The lowest BCUT2D eigenvalue weighted by molar-refractivity contribution is 0.300. The Labute approximate surface area is 96.5 Å². The molecule has 1 aromatic carbocycles. The predicted molar refractivity (Wildman–Crippen MR) is 67.6 cm³/mol. The van der Waals surface area contributed by atoms with Gasteiger partial charge >= 0.3 is 0 Å². The summed E-state index contributed by atoms with van der Waals surface area (Å²) in [7, 11) is 0. The number of aliphatic hydroxyl groups excluding tert-OH is 1. The molecule has 0 amide bonds. The van der Waals surface area contributed by atoms with Crippen LogP contribution in [0.15, 0.2) is 30.5 Å². The van der Waals surface area contributed by atoms with Gasteiger partial charge < -0.3 is 9.67 Å². The van der Waals surface area contributed by atoms with Gasteiger partial charge in [0.1, 0.15) is 0 Å². The van der Waals surface area contributed by atoms with Crippen LogP contribution in [0.4, 0.5) is 0 Å². The molecule has 0 saturated heterocycles. The molecule has 0 unspecified atom stereocenters. The number of nitrogens with zero attached hydrogens (tertiary/aromatic N) is 1. The van der Waals surface area contributed by atoms with E-state index >= 15 is 0 Å². The summed E-state index contributed by atoms with van der Waals surface area (Å²) < 4.78 is 2.29. The summed E-state index contributed by atoms with van der Waals surface area (Å²) in [6.45, 7) is 5.72. The van der Waals surface area contributed by atoms with E-state index in [-0.39, 0.29) is 6.61 Å². The quantitative estimate of drug-likeness (QED) is 0.837. The van der Waals surface area contributed by atoms with Crippen molar-refractivity contribution in [1.82, 2.24) is 4.57 Å². The summed E-state index contributed by atoms with van der Waals surface area (Å²) in [4.78, 5) is 0. The molecular weight excluding hydrogens is 198 g/mol. The molecule has 0 saturated carbocycles. The lowest BCUT2D eigenvalue weighted by atomic mass is 10.1. The van der Waals surface area contributed by atoms with Gasteiger partial charge in [0.2, 0.25) is 0 Å². The molecule has 0 radical (unpaired) electrons. The summed E-state index contributed by atoms with van der Waals surface area (Å²) >= 11 is 0. The van der Waals surface area contributed by atoms with E-state index in [0.717, 1.165) is 13.0 Å². The zero-order valence-electron chi connectivity index (χ0n) is 9.98. The molecule has 2 heteroatoms. The van der Waals surface area contributed by atoms with Crippen LogP contribution in [0.5, 0.6) is 0 Å². The zero-order valence-corrected chi connectivity index (χ0v) is 9.98. The van der Waals surface area contributed by atoms with Gasteiger partial charge in [-0.1, -0.05) is 26.0 Å². The van der Waals surface area contributed by atoms with E-state index in [9.17, 15) is 0 Å². The summed E-state index contributed by atoms with van der Waals surface area (Å²) in [5.41, 5.74) is 2.52. The van der Waals surface area contributed by atoms with Gasteiger partial charge in [-0.3, -0.25) is 0 Å². The SMILES string of the molecule is CC(C)Cn1ccc2c(CCO)cccc21. The Morgan fingerprint density at radius 2 is 2.06 bits per heavy atom. The third-order valence-electron chi connectivity index (χ3n) is 2.85. The van der Waals surface area contributed by atoms with Gasteiger partial charge in [0.05, 0.1) is 0 Å². The van der Waals surface area contributed by atoms with Crippen molar-refractivity contribution in [2.75, 3.05) is 6.61 Å². The van der Waals surface area contributed by atoms with Crippen molar-refractivity contribution >= 4 is 10.9 Å². The lowest BCUT2D eigenvalue weighted by Gasteiger charge is -2.09. The second-order valence-electron chi connectivity index (χ2n) is 4.69. The zero-order chi connectivity index (χ0) is 11.5. The second-order valence-corrected chi connectivity index (χ2v) is 4.69. The maximum Gasteiger partial charge on any atom is 0.0483 e. The van der Waals surface area contributed by atoms with E-state index in [1.807, 2.05) is 0 Å². The van der Waals surface area contributed by atoms with Crippen molar-refractivity contribution in [3.05, 3.63) is 36.0 Å². The van der Waals surface area contributed by atoms with Crippen molar-refractivity contribution < 1.29 is 5.11 Å². The molecule has 0 fully saturated rings. The minimum Gasteiger partial charge on any atom is -0.396 e. The first kappa shape index (κ1) is 11.2. The van der Waals surface area contributed by atoms with E-state index in [2.05, 4.69) is 48.9 Å². The first-order valence-corrected chi connectivity index (χ1v) is 5.90. The molecule has 2 nitrogen and oxygen atoms in total. The second kappa shape index (κ2) is 4.71. The minimum atomic E-state index is 0.217. The van der Waals surface area contributed by atoms with Crippen LogP contribution in [0, 0.1) is 5.92 Å². The maximum atomic E-state index is 9.02. The molecule has 0 spiro atoms. The fourth-order valence-corrected chi connectivity index (χ4v) is 2.18. The Morgan fingerprint density at radius 3 is 2.75 bits per heavy atom. The van der Waals surface area contributed by atoms with E-state index < -0.39 is 0 Å². The standard InChI is InChI=1S/C14H19NO/c1-11(2)10-15-8-6-13-12(7-9-16)4-3-5-14(13)15/h3-6,8,11,16H,7,9-10H2,1-2H3. The molecular formula is C14H19NO. The molecule has 1 N–H and O–H groups in total. The van der Waals surface area contributed by atoms with Crippen LogP contribution in [-0.4, -0.2) is 16.3 Å². The highest BCUT2D eigenvalue weighted by molar-refractivity contribution is 5.83. The molecule has 1 heterocycles. The maximum absolute atomic E-state index is 9.02. The number of hydrogen-bond acceptors (Lipinski definition) is 1. The number of aliphatic hydroxyl groups is 1. The minimum absolute atomic E-state index is 0.217. The highest BCUT2D eigenvalue weighted by atomic mass is 16.2. The number of rotatable bonds is 4. The Bertz CT molecular complexity index is 471. The van der Waals surface area contributed by atoms with E-state index in [0.29, 0.717) is 5.92 Å². The first-order chi connectivity index (χ1) is 7.72. The Morgan fingerprint density at radius 1 is 1.25 bits per heavy atom. The van der Waals surface area contributed by atoms with Crippen LogP contribution in [0.3, 0.4) is 0 Å². The van der Waals surface area contributed by atoms with Crippen LogP contribution in [0.2, 0.25) is 0 Å². The van der Waals surface area contributed by atoms with Crippen LogP contribution >= 0.6 is 0 Å². The normalized spacial score (nSPS) is 11.5. The summed E-state index contributed by atoms with van der Waals surface area (Å²) in [6.07, 6.45) is 2.88. The molecule has 0 aliphatic rings. The molecule has 86 valence electrons. The average molecular weight is 217 g/mol. The smallest absolute Gasteiger partial charge is 0.0483 e. The number of fused-ring (bicyclic) bond motifs is 1. The van der Waals surface area contributed by atoms with Gasteiger partial charge in [-0.05, 0) is 30.0 Å². The number of aromatic nitrogens is 1. The van der Waals surface area contributed by atoms with Gasteiger partial charge in [0.25, 0.3) is 0 Å². The van der Waals surface area contributed by atoms with E-state index in [1.165, 1.54) is 16.5 Å². The van der Waals surface area contributed by atoms with Gasteiger partial charge in [0, 0.05) is 30.3 Å². The average Bonchev–Trinajstić information content (AvgIpc) is 2.63. The Hall–Kier alpha value is -1.28. The fourth-order valence-electron chi connectivity index (χ4n) is 2.18. The van der Waals surface area contributed by atoms with Crippen LogP contribution in [-0.2, 0) is 13.0 Å². The van der Waals surface area contributed by atoms with Gasteiger partial charge in [0.15, 0.2) is 0 Å². The number of hydrogen-bond donors (Lipinski definition) is 1. The lowest BCUT2D eigenvalue weighted by Crippen LogP contribution is -2.02. The fraction of sp³-hybridized carbons (Fsp3) is 0.429. The summed E-state index contributed by atoms with van der Waals surface area (Å²) in [5.74, 6) is 0.650. The largest absolute Gasteiger partial charge is 0.396 e. The first-order valence-electron chi connectivity index (χ1n) is 5.90. The molecule has 2 rings (SSSR count). The topological polar surface area (TPSA) is 25.2 Å². The number of benzene rings is 1. The molecule has 0 aliphatic carbocycles. The molecule has 0 bridgehead atoms. The van der Waals surface area contributed by atoms with Crippen LogP contribution in [0.1, 0.15) is 19.4 Å². The molecule has 16 heavy (non-hydrogen) atoms. The van der Waals surface area contributed by atoms with Crippen LogP contribution < -0.4 is 0 Å². The van der Waals surface area contributed by atoms with Gasteiger partial charge in [-0.15, -0.1) is 0 Å². The van der Waals surface area contributed by atoms with Crippen molar-refractivity contribution in [2.24, 2.45) is 5.92 Å². The van der Waals surface area contributed by atoms with Crippen molar-refractivity contribution in [3.63, 3.8) is 0 Å². The third kappa shape index (κ3) is 2.12. The summed E-state index contributed by atoms with van der Waals surface area (Å²) in [6, 6.07) is 8.48. The highest BCUT2D eigenvalue weighted by Crippen LogP contribution is 2.21. The molecule has 1 aromatic heterocycles. The predicted octanol–water partition coefficient (Wildman–Crippen LogP) is 2.83. The van der Waals surface area contributed by atoms with E-state index in [4.69, 9.17) is 5.11 Å². The molecule has 2 aromatic rings. The monoisotopic (exact) mass is 217 g/mol. The van der Waals surface area contributed by atoms with Gasteiger partial charge in [-0.2, -0.15) is 0 Å².